The molecule has 106 valence electrons. The largest absolute Gasteiger partial charge is 0.394 e. The molecule has 1 fully saturated rings. The Labute approximate surface area is 119 Å². The van der Waals surface area contributed by atoms with Gasteiger partial charge in [0.15, 0.2) is 0 Å². The summed E-state index contributed by atoms with van der Waals surface area (Å²) in [7, 11) is 0. The normalized spacial score (nSPS) is 37.4. The van der Waals surface area contributed by atoms with E-state index in [1.165, 1.54) is 0 Å². The molecular weight excluding hydrogens is 308 g/mol. The second-order valence-corrected chi connectivity index (χ2v) is 6.32. The Morgan fingerprint density at radius 3 is 2.33 bits per heavy atom. The van der Waals surface area contributed by atoms with E-state index in [0.717, 1.165) is 0 Å². The van der Waals surface area contributed by atoms with Crippen molar-refractivity contribution in [3.8, 4) is 0 Å². The molecule has 4 N–H and O–H groups in total. The molecule has 1 saturated heterocycles. The molecule has 0 spiro atoms. The lowest BCUT2D eigenvalue weighted by atomic mass is 9.93. The SMILES string of the molecule is CC1OC(CO)C(O)C(O)C1NC(=O)C(Cl)(Cl)Cl. The number of nitrogens with one attached hydrogen (secondary N) is 1. The minimum absolute atomic E-state index is 0.451. The number of amides is 1. The Balaban J connectivity index is 2.74. The predicted octanol–water partition coefficient (Wildman–Crippen LogP) is -0.657. The molecular formula is C9H14Cl3NO5. The van der Waals surface area contributed by atoms with E-state index >= 15 is 0 Å². The van der Waals surface area contributed by atoms with E-state index in [1.807, 2.05) is 0 Å². The highest BCUT2D eigenvalue weighted by Gasteiger charge is 2.44. The zero-order chi connectivity index (χ0) is 14.1. The molecule has 1 heterocycles. The van der Waals surface area contributed by atoms with Gasteiger partial charge in [-0.1, -0.05) is 34.8 Å². The van der Waals surface area contributed by atoms with Gasteiger partial charge in [0, 0.05) is 0 Å². The van der Waals surface area contributed by atoms with Gasteiger partial charge in [0.1, 0.15) is 18.3 Å². The molecule has 0 aromatic rings. The smallest absolute Gasteiger partial charge is 0.272 e. The standard InChI is InChI=1S/C9H14Cl3NO5/c1-3-5(13-8(17)9(10,11)12)7(16)6(15)4(2-14)18-3/h3-7,14-16H,2H2,1H3,(H,13,17). The zero-order valence-electron chi connectivity index (χ0n) is 9.39. The van der Waals surface area contributed by atoms with Crippen molar-refractivity contribution in [2.45, 2.75) is 41.2 Å². The Morgan fingerprint density at radius 1 is 1.33 bits per heavy atom. The average molecular weight is 323 g/mol. The van der Waals surface area contributed by atoms with Gasteiger partial charge in [-0.25, -0.2) is 0 Å². The molecule has 5 atom stereocenters. The minimum atomic E-state index is -2.17. The summed E-state index contributed by atoms with van der Waals surface area (Å²) in [5.41, 5.74) is 0. The summed E-state index contributed by atoms with van der Waals surface area (Å²) in [6.07, 6.45) is -4.25. The van der Waals surface area contributed by atoms with Crippen LogP contribution in [0, 0.1) is 0 Å². The first-order valence-corrected chi connectivity index (χ1v) is 6.32. The molecule has 1 amide bonds. The number of carbonyl (C=O) groups is 1. The molecule has 9 heteroatoms. The molecule has 0 saturated carbocycles. The van der Waals surface area contributed by atoms with Crippen LogP contribution >= 0.6 is 34.8 Å². The first-order valence-electron chi connectivity index (χ1n) is 5.18. The summed E-state index contributed by atoms with van der Waals surface area (Å²) in [5, 5.41) is 30.7. The third-order valence-corrected chi connectivity index (χ3v) is 3.24. The van der Waals surface area contributed by atoms with Crippen molar-refractivity contribution < 1.29 is 24.9 Å². The number of carbonyl (C=O) groups excluding carboxylic acids is 1. The van der Waals surface area contributed by atoms with E-state index in [2.05, 4.69) is 5.32 Å². The van der Waals surface area contributed by atoms with E-state index in [-0.39, 0.29) is 0 Å². The first-order chi connectivity index (χ1) is 8.18. The van der Waals surface area contributed by atoms with Crippen LogP contribution in [0.25, 0.3) is 0 Å². The van der Waals surface area contributed by atoms with Gasteiger partial charge in [-0.15, -0.1) is 0 Å². The van der Waals surface area contributed by atoms with Gasteiger partial charge in [0.2, 0.25) is 0 Å². The lowest BCUT2D eigenvalue weighted by molar-refractivity contribution is -0.190. The lowest BCUT2D eigenvalue weighted by Crippen LogP contribution is -2.64. The molecule has 1 rings (SSSR count). The number of aliphatic hydroxyl groups is 3. The van der Waals surface area contributed by atoms with Crippen LogP contribution in [-0.4, -0.2) is 62.1 Å². The van der Waals surface area contributed by atoms with E-state index in [0.29, 0.717) is 0 Å². The Bertz CT molecular complexity index is 311. The number of alkyl halides is 3. The van der Waals surface area contributed by atoms with Gasteiger partial charge in [0.25, 0.3) is 9.70 Å². The highest BCUT2D eigenvalue weighted by Crippen LogP contribution is 2.28. The molecule has 0 bridgehead atoms. The molecule has 1 aliphatic heterocycles. The van der Waals surface area contributed by atoms with Crippen molar-refractivity contribution in [2.24, 2.45) is 0 Å². The molecule has 5 unspecified atom stereocenters. The van der Waals surface area contributed by atoms with E-state index in [9.17, 15) is 15.0 Å². The summed E-state index contributed by atoms with van der Waals surface area (Å²) >= 11 is 16.2. The van der Waals surface area contributed by atoms with Gasteiger partial charge in [-0.3, -0.25) is 4.79 Å². The van der Waals surface area contributed by atoms with Crippen LogP contribution in [0.15, 0.2) is 0 Å². The Kier molecular flexibility index (Phi) is 5.49. The highest BCUT2D eigenvalue weighted by atomic mass is 35.6. The average Bonchev–Trinajstić information content (AvgIpc) is 2.27. The van der Waals surface area contributed by atoms with Gasteiger partial charge in [-0.05, 0) is 6.92 Å². The Morgan fingerprint density at radius 2 is 1.89 bits per heavy atom. The number of halogens is 3. The second kappa shape index (κ2) is 6.09. The number of hydrogen-bond donors (Lipinski definition) is 4. The van der Waals surface area contributed by atoms with Crippen LogP contribution in [-0.2, 0) is 9.53 Å². The van der Waals surface area contributed by atoms with E-state index in [4.69, 9.17) is 44.6 Å². The molecule has 0 aliphatic carbocycles. The molecule has 0 radical (unpaired) electrons. The first kappa shape index (κ1) is 16.2. The zero-order valence-corrected chi connectivity index (χ0v) is 11.7. The third-order valence-electron chi connectivity index (χ3n) is 2.73. The van der Waals surface area contributed by atoms with Crippen molar-refractivity contribution >= 4 is 40.7 Å². The molecule has 18 heavy (non-hydrogen) atoms. The topological polar surface area (TPSA) is 99.0 Å². The monoisotopic (exact) mass is 321 g/mol. The third kappa shape index (κ3) is 3.60. The van der Waals surface area contributed by atoms with Crippen molar-refractivity contribution in [3.63, 3.8) is 0 Å². The maximum absolute atomic E-state index is 11.5. The van der Waals surface area contributed by atoms with Crippen molar-refractivity contribution in [1.29, 1.82) is 0 Å². The maximum atomic E-state index is 11.5. The number of ether oxygens (including phenoxy) is 1. The lowest BCUT2D eigenvalue weighted by Gasteiger charge is -2.41. The van der Waals surface area contributed by atoms with E-state index < -0.39 is 46.8 Å². The molecule has 0 aromatic heterocycles. The number of hydrogen-bond acceptors (Lipinski definition) is 5. The fourth-order valence-corrected chi connectivity index (χ4v) is 1.90. The summed E-state index contributed by atoms with van der Waals surface area (Å²) in [4.78, 5) is 11.5. The summed E-state index contributed by atoms with van der Waals surface area (Å²) in [5.74, 6) is -0.929. The van der Waals surface area contributed by atoms with Crippen LogP contribution in [0.2, 0.25) is 0 Å². The van der Waals surface area contributed by atoms with Gasteiger partial charge < -0.3 is 25.4 Å². The number of aliphatic hydroxyl groups excluding tert-OH is 3. The fourth-order valence-electron chi connectivity index (χ4n) is 1.74. The second-order valence-electron chi connectivity index (χ2n) is 4.04. The van der Waals surface area contributed by atoms with Crippen molar-refractivity contribution in [1.82, 2.24) is 5.32 Å². The van der Waals surface area contributed by atoms with Crippen LogP contribution < -0.4 is 5.32 Å². The van der Waals surface area contributed by atoms with Gasteiger partial charge in [0.05, 0.1) is 18.8 Å². The van der Waals surface area contributed by atoms with Crippen LogP contribution in [0.1, 0.15) is 6.92 Å². The molecule has 6 nitrogen and oxygen atoms in total. The van der Waals surface area contributed by atoms with Crippen LogP contribution in [0.4, 0.5) is 0 Å². The number of rotatable bonds is 2. The van der Waals surface area contributed by atoms with Crippen LogP contribution in [0.3, 0.4) is 0 Å². The van der Waals surface area contributed by atoms with Crippen LogP contribution in [0.5, 0.6) is 0 Å². The van der Waals surface area contributed by atoms with Gasteiger partial charge in [-0.2, -0.15) is 0 Å². The predicted molar refractivity (Wildman–Crippen MR) is 65.7 cm³/mol. The van der Waals surface area contributed by atoms with Crippen molar-refractivity contribution in [3.05, 3.63) is 0 Å². The molecule has 0 aromatic carbocycles. The molecule has 1 aliphatic rings. The minimum Gasteiger partial charge on any atom is -0.394 e. The summed E-state index contributed by atoms with van der Waals surface area (Å²) < 4.78 is 3.07. The summed E-state index contributed by atoms with van der Waals surface area (Å²) in [6, 6.07) is -0.939. The fraction of sp³-hybridized carbons (Fsp3) is 0.889. The Hall–Kier alpha value is 0.180. The summed E-state index contributed by atoms with van der Waals surface area (Å²) in [6.45, 7) is 1.11. The van der Waals surface area contributed by atoms with Gasteiger partial charge >= 0.3 is 0 Å². The maximum Gasteiger partial charge on any atom is 0.272 e. The quantitative estimate of drug-likeness (QED) is 0.506. The highest BCUT2D eigenvalue weighted by molar-refractivity contribution is 6.76. The van der Waals surface area contributed by atoms with Crippen molar-refractivity contribution in [2.75, 3.05) is 6.61 Å². The van der Waals surface area contributed by atoms with E-state index in [1.54, 1.807) is 6.92 Å².